The predicted octanol–water partition coefficient (Wildman–Crippen LogP) is 6.36. The number of allylic oxidation sites excluding steroid dienone is 1. The molecule has 9 atom stereocenters. The van der Waals surface area contributed by atoms with Crippen molar-refractivity contribution in [3.8, 4) is 0 Å². The van der Waals surface area contributed by atoms with Crippen molar-refractivity contribution in [1.29, 1.82) is 0 Å². The van der Waals surface area contributed by atoms with Gasteiger partial charge in [-0.25, -0.2) is 0 Å². The van der Waals surface area contributed by atoms with Crippen LogP contribution in [0.4, 0.5) is 0 Å². The van der Waals surface area contributed by atoms with Crippen LogP contribution in [0.3, 0.4) is 0 Å². The first-order chi connectivity index (χ1) is 13.6. The quantitative estimate of drug-likeness (QED) is 0.537. The highest BCUT2D eigenvalue weighted by Crippen LogP contribution is 2.67. The molecule has 29 heavy (non-hydrogen) atoms. The van der Waals surface area contributed by atoms with Gasteiger partial charge in [-0.2, -0.15) is 0 Å². The van der Waals surface area contributed by atoms with E-state index in [0.29, 0.717) is 28.6 Å². The van der Waals surface area contributed by atoms with E-state index in [1.807, 2.05) is 0 Å². The Balaban J connectivity index is 1.58. The van der Waals surface area contributed by atoms with Gasteiger partial charge in [0, 0.05) is 0 Å². The zero-order chi connectivity index (χ0) is 21.2. The van der Waals surface area contributed by atoms with E-state index in [-0.39, 0.29) is 6.10 Å². The third-order valence-corrected chi connectivity index (χ3v) is 10.8. The van der Waals surface area contributed by atoms with Gasteiger partial charge in [-0.1, -0.05) is 53.2 Å². The van der Waals surface area contributed by atoms with Crippen LogP contribution in [0.25, 0.3) is 0 Å². The van der Waals surface area contributed by atoms with E-state index >= 15 is 0 Å². The minimum atomic E-state index is -0.456. The molecular formula is C27H46O2. The van der Waals surface area contributed by atoms with Gasteiger partial charge < -0.3 is 10.2 Å². The summed E-state index contributed by atoms with van der Waals surface area (Å²) in [7, 11) is 0. The standard InChI is InChI=1S/C27H46O2/c1-7-27(29)15-14-25(5)19(16-27)8-9-20-22-11-10-21(18(4)24(28)17(2)3)26(22,6)13-12-23(20)25/h8,17-18,20-24,28-29H,7,9-16H2,1-6H3/t18-,20-,21+,22-,23-,24?,25-,26+,27-/m0/s1. The molecule has 1 unspecified atom stereocenters. The van der Waals surface area contributed by atoms with Gasteiger partial charge in [-0.05, 0) is 104 Å². The molecule has 0 spiro atoms. The normalized spacial score (nSPS) is 49.1. The maximum absolute atomic E-state index is 10.9. The summed E-state index contributed by atoms with van der Waals surface area (Å²) in [6.07, 6.45) is 12.9. The van der Waals surface area contributed by atoms with Gasteiger partial charge in [0.15, 0.2) is 0 Å². The van der Waals surface area contributed by atoms with Crippen molar-refractivity contribution < 1.29 is 10.2 Å². The van der Waals surface area contributed by atoms with Crippen LogP contribution in [-0.4, -0.2) is 21.9 Å². The summed E-state index contributed by atoms with van der Waals surface area (Å²) in [4.78, 5) is 0. The Labute approximate surface area is 179 Å². The minimum absolute atomic E-state index is 0.172. The fraction of sp³-hybridized carbons (Fsp3) is 0.926. The van der Waals surface area contributed by atoms with Crippen molar-refractivity contribution in [2.45, 2.75) is 111 Å². The SMILES string of the molecule is CC[C@]1(O)CC[C@@]2(C)C(=CC[C@H]3[C@@H]4CC[C@H]([C@H](C)C(O)C(C)C)[C@@]4(C)CC[C@@H]32)C1. The fourth-order valence-electron chi connectivity index (χ4n) is 8.76. The molecule has 0 aromatic heterocycles. The summed E-state index contributed by atoms with van der Waals surface area (Å²) >= 11 is 0. The highest BCUT2D eigenvalue weighted by Gasteiger charge is 2.60. The molecule has 2 N–H and O–H groups in total. The number of hydrogen-bond acceptors (Lipinski definition) is 2. The Morgan fingerprint density at radius 1 is 1.03 bits per heavy atom. The van der Waals surface area contributed by atoms with Crippen LogP contribution >= 0.6 is 0 Å². The van der Waals surface area contributed by atoms with E-state index < -0.39 is 5.60 Å². The van der Waals surface area contributed by atoms with Crippen molar-refractivity contribution >= 4 is 0 Å². The largest absolute Gasteiger partial charge is 0.393 e. The van der Waals surface area contributed by atoms with E-state index in [1.165, 1.54) is 38.5 Å². The zero-order valence-electron chi connectivity index (χ0n) is 19.9. The average molecular weight is 403 g/mol. The first-order valence-electron chi connectivity index (χ1n) is 12.7. The van der Waals surface area contributed by atoms with Gasteiger partial charge in [-0.15, -0.1) is 0 Å². The Morgan fingerprint density at radius 2 is 1.76 bits per heavy atom. The third kappa shape index (κ3) is 3.27. The lowest BCUT2D eigenvalue weighted by Gasteiger charge is -2.59. The summed E-state index contributed by atoms with van der Waals surface area (Å²) in [5.41, 5.74) is 1.84. The van der Waals surface area contributed by atoms with Gasteiger partial charge in [0.05, 0.1) is 11.7 Å². The first kappa shape index (κ1) is 21.9. The summed E-state index contributed by atoms with van der Waals surface area (Å²) < 4.78 is 0. The van der Waals surface area contributed by atoms with E-state index in [2.05, 4.69) is 47.6 Å². The van der Waals surface area contributed by atoms with E-state index in [0.717, 1.165) is 37.0 Å². The second kappa shape index (κ2) is 7.37. The molecule has 0 bridgehead atoms. The lowest BCUT2D eigenvalue weighted by atomic mass is 9.46. The maximum atomic E-state index is 10.9. The Hall–Kier alpha value is -0.340. The van der Waals surface area contributed by atoms with E-state index in [1.54, 1.807) is 5.57 Å². The van der Waals surface area contributed by atoms with Gasteiger partial charge >= 0.3 is 0 Å². The van der Waals surface area contributed by atoms with Crippen LogP contribution in [-0.2, 0) is 0 Å². The molecule has 0 radical (unpaired) electrons. The predicted molar refractivity (Wildman–Crippen MR) is 120 cm³/mol. The molecule has 0 aromatic rings. The number of fused-ring (bicyclic) bond motifs is 5. The smallest absolute Gasteiger partial charge is 0.0682 e. The molecule has 4 rings (SSSR count). The Bertz CT molecular complexity index is 653. The molecule has 166 valence electrons. The first-order valence-corrected chi connectivity index (χ1v) is 12.7. The summed E-state index contributed by atoms with van der Waals surface area (Å²) in [5, 5.41) is 21.8. The van der Waals surface area contributed by atoms with E-state index in [4.69, 9.17) is 0 Å². The van der Waals surface area contributed by atoms with Crippen LogP contribution in [0.5, 0.6) is 0 Å². The summed E-state index contributed by atoms with van der Waals surface area (Å²) in [6, 6.07) is 0. The van der Waals surface area contributed by atoms with Gasteiger partial charge in [0.25, 0.3) is 0 Å². The van der Waals surface area contributed by atoms with Gasteiger partial charge in [0.1, 0.15) is 0 Å². The topological polar surface area (TPSA) is 40.5 Å². The molecule has 0 aromatic carbocycles. The molecule has 3 saturated carbocycles. The Kier molecular flexibility index (Phi) is 5.56. The summed E-state index contributed by atoms with van der Waals surface area (Å²) in [6.45, 7) is 13.9. The average Bonchev–Trinajstić information content (AvgIpc) is 3.04. The van der Waals surface area contributed by atoms with Crippen LogP contribution in [0, 0.1) is 46.3 Å². The summed E-state index contributed by atoms with van der Waals surface area (Å²) in [5.74, 6) is 3.84. The van der Waals surface area contributed by atoms with Crippen LogP contribution < -0.4 is 0 Å². The van der Waals surface area contributed by atoms with Gasteiger partial charge in [-0.3, -0.25) is 0 Å². The molecule has 4 aliphatic rings. The molecule has 0 aliphatic heterocycles. The fourth-order valence-corrected chi connectivity index (χ4v) is 8.76. The van der Waals surface area contributed by atoms with Crippen molar-refractivity contribution in [2.24, 2.45) is 46.3 Å². The number of aliphatic hydroxyl groups is 2. The van der Waals surface area contributed by atoms with Crippen molar-refractivity contribution in [3.63, 3.8) is 0 Å². The maximum Gasteiger partial charge on any atom is 0.0682 e. The highest BCUT2D eigenvalue weighted by atomic mass is 16.3. The Morgan fingerprint density at radius 3 is 2.41 bits per heavy atom. The second-order valence-corrected chi connectivity index (χ2v) is 12.3. The molecule has 0 saturated heterocycles. The van der Waals surface area contributed by atoms with Crippen LogP contribution in [0.1, 0.15) is 99.3 Å². The van der Waals surface area contributed by atoms with Crippen molar-refractivity contribution in [3.05, 3.63) is 11.6 Å². The molecule has 4 aliphatic carbocycles. The number of aliphatic hydroxyl groups excluding tert-OH is 1. The van der Waals surface area contributed by atoms with Crippen molar-refractivity contribution in [1.82, 2.24) is 0 Å². The zero-order valence-corrected chi connectivity index (χ0v) is 19.9. The number of rotatable bonds is 4. The lowest BCUT2D eigenvalue weighted by molar-refractivity contribution is -0.0838. The molecule has 0 amide bonds. The molecular weight excluding hydrogens is 356 g/mol. The molecule has 2 heteroatoms. The molecule has 2 nitrogen and oxygen atoms in total. The van der Waals surface area contributed by atoms with Crippen LogP contribution in [0.15, 0.2) is 11.6 Å². The van der Waals surface area contributed by atoms with Crippen molar-refractivity contribution in [2.75, 3.05) is 0 Å². The number of hydrogen-bond donors (Lipinski definition) is 2. The monoisotopic (exact) mass is 402 g/mol. The minimum Gasteiger partial charge on any atom is -0.393 e. The van der Waals surface area contributed by atoms with E-state index in [9.17, 15) is 10.2 Å². The molecule has 0 heterocycles. The van der Waals surface area contributed by atoms with Crippen LogP contribution in [0.2, 0.25) is 0 Å². The third-order valence-electron chi connectivity index (χ3n) is 10.8. The molecule has 3 fully saturated rings. The second-order valence-electron chi connectivity index (χ2n) is 12.3. The van der Waals surface area contributed by atoms with Gasteiger partial charge in [0.2, 0.25) is 0 Å². The lowest BCUT2D eigenvalue weighted by Crippen LogP contribution is -2.52. The highest BCUT2D eigenvalue weighted by molar-refractivity contribution is 5.27.